The monoisotopic (exact) mass is 318 g/mol. The van der Waals surface area contributed by atoms with E-state index in [1.54, 1.807) is 12.4 Å². The van der Waals surface area contributed by atoms with Crippen LogP contribution in [0.5, 0.6) is 0 Å². The van der Waals surface area contributed by atoms with Crippen molar-refractivity contribution in [2.45, 2.75) is 58.1 Å². The fourth-order valence-electron chi connectivity index (χ4n) is 3.10. The highest BCUT2D eigenvalue weighted by molar-refractivity contribution is 5.80. The summed E-state index contributed by atoms with van der Waals surface area (Å²) in [6.45, 7) is 5.51. The molecule has 0 spiro atoms. The molecule has 1 heterocycles. The molecule has 1 aromatic heterocycles. The highest BCUT2D eigenvalue weighted by atomic mass is 16.3. The number of aliphatic hydroxyl groups excluding tert-OH is 1. The summed E-state index contributed by atoms with van der Waals surface area (Å²) in [5.74, 6) is 1.70. The van der Waals surface area contributed by atoms with Gasteiger partial charge in [0, 0.05) is 25.0 Å². The third kappa shape index (κ3) is 5.82. The second kappa shape index (κ2) is 9.50. The number of nitrogens with zero attached hydrogens (tertiary/aromatic N) is 2. The van der Waals surface area contributed by atoms with Crippen LogP contribution in [0, 0.1) is 5.92 Å². The number of aliphatic hydroxyl groups is 1. The van der Waals surface area contributed by atoms with Crippen LogP contribution in [0.15, 0.2) is 29.5 Å². The standard InChI is InChI=1S/C18H30N4O/c1-3-14-5-7-16(8-6-14)22-18(20-4-2)21-13-17(23)15-9-11-19-12-10-15/h9-12,14,16-17,23H,3-8,13H2,1-2H3,(H2,20,21,22). The molecule has 128 valence electrons. The van der Waals surface area contributed by atoms with E-state index in [0.717, 1.165) is 24.0 Å². The van der Waals surface area contributed by atoms with Crippen LogP contribution in [0.3, 0.4) is 0 Å². The Balaban J connectivity index is 1.87. The Kier molecular flexibility index (Phi) is 7.33. The van der Waals surface area contributed by atoms with Gasteiger partial charge in [-0.1, -0.05) is 13.3 Å². The van der Waals surface area contributed by atoms with E-state index in [1.807, 2.05) is 12.1 Å². The molecule has 1 unspecified atom stereocenters. The Morgan fingerprint density at radius 2 is 1.96 bits per heavy atom. The fourth-order valence-corrected chi connectivity index (χ4v) is 3.10. The summed E-state index contributed by atoms with van der Waals surface area (Å²) in [6.07, 6.45) is 9.09. The number of aromatic nitrogens is 1. The van der Waals surface area contributed by atoms with E-state index in [1.165, 1.54) is 32.1 Å². The Morgan fingerprint density at radius 1 is 1.26 bits per heavy atom. The highest BCUT2D eigenvalue weighted by Gasteiger charge is 2.20. The minimum Gasteiger partial charge on any atom is -0.386 e. The van der Waals surface area contributed by atoms with Gasteiger partial charge in [-0.25, -0.2) is 0 Å². The molecule has 5 nitrogen and oxygen atoms in total. The SMILES string of the molecule is CCNC(=NCC(O)c1ccncc1)NC1CCC(CC)CC1. The van der Waals surface area contributed by atoms with Crippen LogP contribution in [-0.2, 0) is 0 Å². The Labute approximate surface area is 139 Å². The zero-order chi connectivity index (χ0) is 16.5. The van der Waals surface area contributed by atoms with Gasteiger partial charge >= 0.3 is 0 Å². The van der Waals surface area contributed by atoms with Crippen LogP contribution in [0.25, 0.3) is 0 Å². The number of pyridine rings is 1. The van der Waals surface area contributed by atoms with Gasteiger partial charge in [-0.2, -0.15) is 0 Å². The third-order valence-corrected chi connectivity index (χ3v) is 4.62. The first-order chi connectivity index (χ1) is 11.2. The Morgan fingerprint density at radius 3 is 2.57 bits per heavy atom. The van der Waals surface area contributed by atoms with E-state index >= 15 is 0 Å². The molecule has 0 radical (unpaired) electrons. The van der Waals surface area contributed by atoms with E-state index in [-0.39, 0.29) is 0 Å². The number of rotatable bonds is 6. The maximum atomic E-state index is 10.2. The van der Waals surface area contributed by atoms with Crippen LogP contribution >= 0.6 is 0 Å². The maximum Gasteiger partial charge on any atom is 0.191 e. The molecule has 1 aliphatic carbocycles. The first-order valence-corrected chi connectivity index (χ1v) is 8.85. The fraction of sp³-hybridized carbons (Fsp3) is 0.667. The van der Waals surface area contributed by atoms with Gasteiger partial charge in [0.15, 0.2) is 5.96 Å². The lowest BCUT2D eigenvalue weighted by molar-refractivity contribution is 0.187. The van der Waals surface area contributed by atoms with Crippen LogP contribution in [0.4, 0.5) is 0 Å². The average Bonchev–Trinajstić information content (AvgIpc) is 2.61. The van der Waals surface area contributed by atoms with Crippen molar-refractivity contribution in [1.29, 1.82) is 0 Å². The minimum absolute atomic E-state index is 0.351. The van der Waals surface area contributed by atoms with Crippen molar-refractivity contribution in [3.05, 3.63) is 30.1 Å². The van der Waals surface area contributed by atoms with Gasteiger partial charge < -0.3 is 15.7 Å². The molecule has 1 atom stereocenters. The second-order valence-electron chi connectivity index (χ2n) is 6.29. The summed E-state index contributed by atoms with van der Waals surface area (Å²) >= 11 is 0. The van der Waals surface area contributed by atoms with E-state index in [9.17, 15) is 5.11 Å². The lowest BCUT2D eigenvalue weighted by atomic mass is 9.84. The van der Waals surface area contributed by atoms with Crippen LogP contribution in [0.2, 0.25) is 0 Å². The van der Waals surface area contributed by atoms with Crippen molar-refractivity contribution < 1.29 is 5.11 Å². The molecule has 23 heavy (non-hydrogen) atoms. The number of nitrogens with one attached hydrogen (secondary N) is 2. The molecule has 0 saturated heterocycles. The number of hydrogen-bond donors (Lipinski definition) is 3. The first kappa shape index (κ1) is 17.7. The van der Waals surface area contributed by atoms with E-state index in [0.29, 0.717) is 12.6 Å². The summed E-state index contributed by atoms with van der Waals surface area (Å²) in [7, 11) is 0. The van der Waals surface area contributed by atoms with Crippen molar-refractivity contribution in [2.75, 3.05) is 13.1 Å². The van der Waals surface area contributed by atoms with E-state index < -0.39 is 6.10 Å². The van der Waals surface area contributed by atoms with Gasteiger partial charge in [-0.15, -0.1) is 0 Å². The van der Waals surface area contributed by atoms with Crippen LogP contribution in [-0.4, -0.2) is 35.2 Å². The molecule has 1 fully saturated rings. The summed E-state index contributed by atoms with van der Waals surface area (Å²) in [5.41, 5.74) is 0.850. The first-order valence-electron chi connectivity index (χ1n) is 8.85. The van der Waals surface area contributed by atoms with E-state index in [4.69, 9.17) is 0 Å². The summed E-state index contributed by atoms with van der Waals surface area (Å²) in [5, 5.41) is 17.0. The van der Waals surface area contributed by atoms with Crippen LogP contribution in [0.1, 0.15) is 57.6 Å². The zero-order valence-electron chi connectivity index (χ0n) is 14.3. The van der Waals surface area contributed by atoms with Crippen LogP contribution < -0.4 is 10.6 Å². The topological polar surface area (TPSA) is 69.5 Å². The van der Waals surface area contributed by atoms with Crippen molar-refractivity contribution in [1.82, 2.24) is 15.6 Å². The van der Waals surface area contributed by atoms with Crippen molar-refractivity contribution in [2.24, 2.45) is 10.9 Å². The molecule has 1 aromatic rings. The summed E-state index contributed by atoms with van der Waals surface area (Å²) in [6, 6.07) is 4.15. The largest absolute Gasteiger partial charge is 0.386 e. The van der Waals surface area contributed by atoms with Gasteiger partial charge in [0.05, 0.1) is 12.6 Å². The van der Waals surface area contributed by atoms with Crippen molar-refractivity contribution in [3.63, 3.8) is 0 Å². The van der Waals surface area contributed by atoms with Gasteiger partial charge in [0.1, 0.15) is 0 Å². The molecule has 0 aliphatic heterocycles. The molecule has 0 aromatic carbocycles. The lowest BCUT2D eigenvalue weighted by Crippen LogP contribution is -2.45. The van der Waals surface area contributed by atoms with Gasteiger partial charge in [-0.05, 0) is 56.2 Å². The zero-order valence-corrected chi connectivity index (χ0v) is 14.3. The van der Waals surface area contributed by atoms with E-state index in [2.05, 4.69) is 34.5 Å². The van der Waals surface area contributed by atoms with Gasteiger partial charge in [0.2, 0.25) is 0 Å². The molecule has 1 aliphatic rings. The predicted octanol–water partition coefficient (Wildman–Crippen LogP) is 2.64. The molecular weight excluding hydrogens is 288 g/mol. The Bertz CT molecular complexity index is 469. The molecule has 2 rings (SSSR count). The Hall–Kier alpha value is -1.62. The summed E-state index contributed by atoms with van der Waals surface area (Å²) in [4.78, 5) is 8.52. The number of aliphatic imine (C=N–C) groups is 1. The smallest absolute Gasteiger partial charge is 0.191 e. The molecular formula is C18H30N4O. The number of guanidine groups is 1. The second-order valence-corrected chi connectivity index (χ2v) is 6.29. The summed E-state index contributed by atoms with van der Waals surface area (Å²) < 4.78 is 0. The quantitative estimate of drug-likeness (QED) is 0.557. The minimum atomic E-state index is -0.593. The van der Waals surface area contributed by atoms with Crippen molar-refractivity contribution in [3.8, 4) is 0 Å². The predicted molar refractivity (Wildman–Crippen MR) is 94.3 cm³/mol. The van der Waals surface area contributed by atoms with Crippen molar-refractivity contribution >= 4 is 5.96 Å². The molecule has 0 amide bonds. The maximum absolute atomic E-state index is 10.2. The number of hydrogen-bond acceptors (Lipinski definition) is 3. The van der Waals surface area contributed by atoms with Gasteiger partial charge in [-0.3, -0.25) is 9.98 Å². The normalized spacial score (nSPS) is 23.3. The lowest BCUT2D eigenvalue weighted by Gasteiger charge is -2.29. The molecule has 5 heteroatoms. The molecule has 1 saturated carbocycles. The highest BCUT2D eigenvalue weighted by Crippen LogP contribution is 2.26. The molecule has 3 N–H and O–H groups in total. The average molecular weight is 318 g/mol. The van der Waals surface area contributed by atoms with Gasteiger partial charge in [0.25, 0.3) is 0 Å². The third-order valence-electron chi connectivity index (χ3n) is 4.62. The molecule has 0 bridgehead atoms.